The van der Waals surface area contributed by atoms with Crippen LogP contribution in [0.15, 0.2) is 78.5 Å². The monoisotopic (exact) mass is 386 g/mol. The Morgan fingerprint density at radius 1 is 0.828 bits per heavy atom. The molecule has 0 unspecified atom stereocenters. The molecule has 2 N–H and O–H groups in total. The van der Waals surface area contributed by atoms with Gasteiger partial charge in [0.1, 0.15) is 5.70 Å². The van der Waals surface area contributed by atoms with Crippen LogP contribution in [0, 0.1) is 10.1 Å². The van der Waals surface area contributed by atoms with Crippen LogP contribution in [-0.4, -0.2) is 21.9 Å². The minimum Gasteiger partial charge on any atom is -0.477 e. The Morgan fingerprint density at radius 2 is 1.45 bits per heavy atom. The Bertz CT molecular complexity index is 1200. The number of carbonyl (C=O) groups is 2. The van der Waals surface area contributed by atoms with Crippen molar-refractivity contribution in [1.82, 2.24) is 5.32 Å². The second-order valence-corrected chi connectivity index (χ2v) is 6.41. The predicted octanol–water partition coefficient (Wildman–Crippen LogP) is 3.85. The van der Waals surface area contributed by atoms with Crippen molar-refractivity contribution in [2.24, 2.45) is 0 Å². The lowest BCUT2D eigenvalue weighted by Gasteiger charge is -2.11. The zero-order valence-corrected chi connectivity index (χ0v) is 15.0. The Hall–Kier alpha value is -4.26. The Balaban J connectivity index is 1.93. The van der Waals surface area contributed by atoms with E-state index in [1.807, 2.05) is 6.07 Å². The normalized spacial score (nSPS) is 13.2. The molecule has 0 bridgehead atoms. The average Bonchev–Trinajstić information content (AvgIpc) is 3.05. The van der Waals surface area contributed by atoms with E-state index in [4.69, 9.17) is 0 Å². The molecule has 3 aromatic rings. The highest BCUT2D eigenvalue weighted by atomic mass is 16.6. The zero-order chi connectivity index (χ0) is 20.5. The number of amides is 1. The maximum Gasteiger partial charge on any atom is 0.353 e. The Morgan fingerprint density at radius 3 is 2.10 bits per heavy atom. The molecule has 0 aromatic heterocycles. The Labute approximate surface area is 165 Å². The van der Waals surface area contributed by atoms with Crippen molar-refractivity contribution in [3.05, 3.63) is 105 Å². The van der Waals surface area contributed by atoms with Crippen LogP contribution in [0.1, 0.15) is 21.5 Å². The highest BCUT2D eigenvalue weighted by Gasteiger charge is 2.31. The third-order valence-corrected chi connectivity index (χ3v) is 4.71. The van der Waals surface area contributed by atoms with Gasteiger partial charge in [0, 0.05) is 23.3 Å². The number of rotatable bonds is 4. The first-order chi connectivity index (χ1) is 14.0. The topological polar surface area (TPSA) is 110 Å². The molecule has 4 rings (SSSR count). The molecule has 142 valence electrons. The van der Waals surface area contributed by atoms with Gasteiger partial charge in [-0.05, 0) is 40.5 Å². The molecule has 7 nitrogen and oxygen atoms in total. The van der Waals surface area contributed by atoms with Crippen LogP contribution >= 0.6 is 0 Å². The largest absolute Gasteiger partial charge is 0.477 e. The van der Waals surface area contributed by atoms with E-state index in [0.717, 1.165) is 5.56 Å². The highest BCUT2D eigenvalue weighted by Crippen LogP contribution is 2.46. The lowest BCUT2D eigenvalue weighted by Crippen LogP contribution is -2.28. The number of hydrogen-bond donors (Lipinski definition) is 2. The number of carboxylic acid groups (broad SMARTS) is 1. The molecule has 0 saturated carbocycles. The van der Waals surface area contributed by atoms with Crippen molar-refractivity contribution >= 4 is 23.1 Å². The quantitative estimate of drug-likeness (QED) is 0.314. The van der Waals surface area contributed by atoms with Crippen molar-refractivity contribution in [2.45, 2.75) is 0 Å². The first-order valence-corrected chi connectivity index (χ1v) is 8.70. The van der Waals surface area contributed by atoms with E-state index < -0.39 is 16.8 Å². The molecular weight excluding hydrogens is 372 g/mol. The fourth-order valence-corrected chi connectivity index (χ4v) is 3.44. The molecule has 0 aliphatic heterocycles. The number of aliphatic carboxylic acids is 1. The number of nitrogens with one attached hydrogen (secondary N) is 1. The number of carboxylic acids is 1. The number of hydrogen-bond acceptors (Lipinski definition) is 4. The molecule has 0 spiro atoms. The highest BCUT2D eigenvalue weighted by molar-refractivity contribution is 6.12. The van der Waals surface area contributed by atoms with E-state index in [1.54, 1.807) is 54.6 Å². The van der Waals surface area contributed by atoms with Gasteiger partial charge in [0.15, 0.2) is 0 Å². The van der Waals surface area contributed by atoms with Gasteiger partial charge >= 0.3 is 5.97 Å². The number of non-ortho nitro benzene ring substituents is 1. The van der Waals surface area contributed by atoms with Crippen LogP contribution < -0.4 is 5.32 Å². The van der Waals surface area contributed by atoms with Crippen molar-refractivity contribution in [2.75, 3.05) is 0 Å². The first kappa shape index (κ1) is 18.1. The summed E-state index contributed by atoms with van der Waals surface area (Å²) in [5.74, 6) is -1.91. The summed E-state index contributed by atoms with van der Waals surface area (Å²) in [6.45, 7) is 0. The van der Waals surface area contributed by atoms with Crippen molar-refractivity contribution in [3.63, 3.8) is 0 Å². The maximum atomic E-state index is 12.6. The summed E-state index contributed by atoms with van der Waals surface area (Å²) >= 11 is 0. The summed E-state index contributed by atoms with van der Waals surface area (Å²) in [4.78, 5) is 35.4. The molecule has 29 heavy (non-hydrogen) atoms. The number of benzene rings is 3. The summed E-state index contributed by atoms with van der Waals surface area (Å²) in [5, 5.41) is 23.6. The summed E-state index contributed by atoms with van der Waals surface area (Å²) < 4.78 is 0. The van der Waals surface area contributed by atoms with Crippen molar-refractivity contribution < 1.29 is 19.6 Å². The molecule has 0 heterocycles. The zero-order valence-electron chi connectivity index (χ0n) is 15.0. The van der Waals surface area contributed by atoms with Crippen LogP contribution in [0.25, 0.3) is 16.7 Å². The average molecular weight is 386 g/mol. The fraction of sp³-hybridized carbons (Fsp3) is 0. The second-order valence-electron chi connectivity index (χ2n) is 6.41. The van der Waals surface area contributed by atoms with Gasteiger partial charge in [-0.1, -0.05) is 42.5 Å². The van der Waals surface area contributed by atoms with Crippen LogP contribution in [0.4, 0.5) is 5.69 Å². The molecule has 0 atom stereocenters. The lowest BCUT2D eigenvalue weighted by atomic mass is 10.0. The molecule has 1 aliphatic carbocycles. The van der Waals surface area contributed by atoms with E-state index in [2.05, 4.69) is 5.32 Å². The number of carbonyl (C=O) groups excluding carboxylic acids is 1. The minimum absolute atomic E-state index is 0.159. The molecule has 1 amide bonds. The molecule has 3 aromatic carbocycles. The van der Waals surface area contributed by atoms with Gasteiger partial charge < -0.3 is 10.4 Å². The number of nitrogens with zero attached hydrogens (tertiary/aromatic N) is 1. The first-order valence-electron chi connectivity index (χ1n) is 8.70. The minimum atomic E-state index is -1.33. The number of nitro groups is 1. The lowest BCUT2D eigenvalue weighted by molar-refractivity contribution is -0.384. The third kappa shape index (κ3) is 3.14. The van der Waals surface area contributed by atoms with Gasteiger partial charge in [-0.25, -0.2) is 4.79 Å². The van der Waals surface area contributed by atoms with Crippen LogP contribution in [0.3, 0.4) is 0 Å². The summed E-state index contributed by atoms with van der Waals surface area (Å²) in [6.07, 6.45) is 0. The fourth-order valence-electron chi connectivity index (χ4n) is 3.44. The predicted molar refractivity (Wildman–Crippen MR) is 106 cm³/mol. The van der Waals surface area contributed by atoms with Gasteiger partial charge in [-0.15, -0.1) is 0 Å². The van der Waals surface area contributed by atoms with Crippen LogP contribution in [0.5, 0.6) is 0 Å². The van der Waals surface area contributed by atoms with E-state index >= 15 is 0 Å². The van der Waals surface area contributed by atoms with E-state index in [9.17, 15) is 24.8 Å². The SMILES string of the molecule is O=C(O)/C(NC(=O)c1ccccc1)=C1\c2ccccc2-c2ccc([N+](=O)[O-])cc21. The Kier molecular flexibility index (Phi) is 4.40. The molecule has 0 fully saturated rings. The van der Waals surface area contributed by atoms with Gasteiger partial charge in [-0.3, -0.25) is 14.9 Å². The number of nitro benzene ring substituents is 1. The summed E-state index contributed by atoms with van der Waals surface area (Å²) in [5.41, 5.74) is 2.47. The molecule has 0 radical (unpaired) electrons. The summed E-state index contributed by atoms with van der Waals surface area (Å²) in [7, 11) is 0. The molecule has 0 saturated heterocycles. The van der Waals surface area contributed by atoms with Crippen LogP contribution in [0.2, 0.25) is 0 Å². The number of fused-ring (bicyclic) bond motifs is 3. The van der Waals surface area contributed by atoms with Crippen molar-refractivity contribution in [3.8, 4) is 11.1 Å². The molecule has 1 aliphatic rings. The van der Waals surface area contributed by atoms with Crippen LogP contribution in [-0.2, 0) is 4.79 Å². The standard InChI is InChI=1S/C22H14N2O5/c25-21(13-6-2-1-3-7-13)23-20(22(26)27)19-17-9-5-4-8-15(17)16-11-10-14(24(28)29)12-18(16)19/h1-12H,(H,23,25)(H,26,27)/b20-19-. The maximum absolute atomic E-state index is 12.6. The summed E-state index contributed by atoms with van der Waals surface area (Å²) in [6, 6.07) is 19.6. The van der Waals surface area contributed by atoms with Gasteiger partial charge in [0.2, 0.25) is 0 Å². The van der Waals surface area contributed by atoms with E-state index in [0.29, 0.717) is 22.3 Å². The van der Waals surface area contributed by atoms with Gasteiger partial charge in [0.25, 0.3) is 11.6 Å². The smallest absolute Gasteiger partial charge is 0.353 e. The van der Waals surface area contributed by atoms with Gasteiger partial charge in [0.05, 0.1) is 4.92 Å². The van der Waals surface area contributed by atoms with Crippen molar-refractivity contribution in [1.29, 1.82) is 0 Å². The van der Waals surface area contributed by atoms with Gasteiger partial charge in [-0.2, -0.15) is 0 Å². The second kappa shape index (κ2) is 7.05. The van der Waals surface area contributed by atoms with E-state index in [1.165, 1.54) is 12.1 Å². The van der Waals surface area contributed by atoms with E-state index in [-0.39, 0.29) is 17.0 Å². The molecule has 7 heteroatoms. The third-order valence-electron chi connectivity index (χ3n) is 4.71. The molecular formula is C22H14N2O5.